The summed E-state index contributed by atoms with van der Waals surface area (Å²) in [5.74, 6) is 2.51. The van der Waals surface area contributed by atoms with Crippen molar-refractivity contribution in [3.63, 3.8) is 0 Å². The quantitative estimate of drug-likeness (QED) is 0.338. The molecule has 0 atom stereocenters. The Bertz CT molecular complexity index is 1440. The highest BCUT2D eigenvalue weighted by Gasteiger charge is 2.27. The number of benzene rings is 1. The number of anilines is 2. The molecule has 3 aliphatic heterocycles. The smallest absolute Gasteiger partial charge is 0.296 e. The summed E-state index contributed by atoms with van der Waals surface area (Å²) in [7, 11) is 3.67. The molecule has 0 bridgehead atoms. The van der Waals surface area contributed by atoms with Crippen molar-refractivity contribution >= 4 is 51.0 Å². The molecule has 6 rings (SSSR count). The highest BCUT2D eigenvalue weighted by Crippen LogP contribution is 2.33. The van der Waals surface area contributed by atoms with Gasteiger partial charge in [0.25, 0.3) is 6.43 Å². The Morgan fingerprint density at radius 1 is 0.955 bits per heavy atom. The van der Waals surface area contributed by atoms with Crippen molar-refractivity contribution in [2.45, 2.75) is 6.43 Å². The highest BCUT2D eigenvalue weighted by atomic mass is 32.2. The normalized spacial score (nSPS) is 18.9. The van der Waals surface area contributed by atoms with Gasteiger partial charge in [0.15, 0.2) is 5.82 Å². The number of rotatable bonds is 8. The zero-order valence-electron chi connectivity index (χ0n) is 25.2. The van der Waals surface area contributed by atoms with E-state index in [-0.39, 0.29) is 5.95 Å². The number of imidazole rings is 1. The van der Waals surface area contributed by atoms with Gasteiger partial charge in [-0.1, -0.05) is 30.0 Å². The van der Waals surface area contributed by atoms with Crippen LogP contribution >= 0.6 is 24.0 Å². The zero-order valence-corrected chi connectivity index (χ0v) is 26.8. The number of methoxy groups -OCH3 is 1. The Morgan fingerprint density at radius 2 is 1.64 bits per heavy atom. The largest absolute Gasteiger partial charge is 0.494 e. The number of ether oxygens (including phenoxy) is 2. The molecule has 3 saturated heterocycles. The Morgan fingerprint density at radius 3 is 2.30 bits per heavy atom. The van der Waals surface area contributed by atoms with Gasteiger partial charge in [0, 0.05) is 83.8 Å². The number of piperazine rings is 2. The van der Waals surface area contributed by atoms with Gasteiger partial charge in [0.05, 0.1) is 25.8 Å². The summed E-state index contributed by atoms with van der Waals surface area (Å²) in [6, 6.07) is 7.16. The van der Waals surface area contributed by atoms with Gasteiger partial charge in [-0.2, -0.15) is 9.97 Å². The van der Waals surface area contributed by atoms with Crippen LogP contribution in [0.3, 0.4) is 0 Å². The molecule has 3 fully saturated rings. The molecule has 44 heavy (non-hydrogen) atoms. The first-order valence-corrected chi connectivity index (χ1v) is 16.4. The molecule has 0 unspecified atom stereocenters. The van der Waals surface area contributed by atoms with E-state index in [1.165, 1.54) is 11.7 Å². The third-order valence-electron chi connectivity index (χ3n) is 8.40. The SMILES string of the molecule is COc1cccc2c1nc(C(F)F)n2-c1nc(N2CCOCC2)cc(N2CCN(C(=S)SCCN3CCN(C)CC3)CC2)n1. The van der Waals surface area contributed by atoms with E-state index in [2.05, 4.69) is 36.5 Å². The number of hydrogen-bond donors (Lipinski definition) is 0. The predicted molar refractivity (Wildman–Crippen MR) is 174 cm³/mol. The molecule has 1 aromatic carbocycles. The van der Waals surface area contributed by atoms with Gasteiger partial charge in [-0.15, -0.1) is 0 Å². The summed E-state index contributed by atoms with van der Waals surface area (Å²) in [4.78, 5) is 25.4. The molecular formula is C29H39F2N9O2S2. The average Bonchev–Trinajstić information content (AvgIpc) is 3.46. The molecule has 0 radical (unpaired) electrons. The van der Waals surface area contributed by atoms with Crippen LogP contribution in [0.25, 0.3) is 17.0 Å². The standard InChI is InChI=1S/C29H39F2N9O2S2/c1-35-6-8-36(9-7-35)16-19-44-29(43)39-12-10-37(11-13-39)23-20-24(38-14-17-42-18-15-38)33-28(32-23)40-21-4-3-5-22(41-2)25(21)34-27(40)26(30)31/h3-5,20,26H,6-19H2,1-2H3. The molecule has 2 aromatic heterocycles. The van der Waals surface area contributed by atoms with Crippen LogP contribution in [0.15, 0.2) is 24.3 Å². The third kappa shape index (κ3) is 6.86. The molecular weight excluding hydrogens is 609 g/mol. The van der Waals surface area contributed by atoms with Gasteiger partial charge < -0.3 is 29.1 Å². The first kappa shape index (κ1) is 31.1. The van der Waals surface area contributed by atoms with E-state index in [4.69, 9.17) is 31.7 Å². The van der Waals surface area contributed by atoms with Crippen LogP contribution in [0.4, 0.5) is 20.4 Å². The lowest BCUT2D eigenvalue weighted by Gasteiger charge is -2.37. The monoisotopic (exact) mass is 647 g/mol. The first-order chi connectivity index (χ1) is 21.4. The number of thiocarbonyl (C=S) groups is 1. The van der Waals surface area contributed by atoms with Crippen molar-refractivity contribution in [1.82, 2.24) is 34.2 Å². The minimum atomic E-state index is -2.83. The maximum Gasteiger partial charge on any atom is 0.296 e. The summed E-state index contributed by atoms with van der Waals surface area (Å²) < 4.78 is 42.0. The summed E-state index contributed by atoms with van der Waals surface area (Å²) >= 11 is 7.56. The van der Waals surface area contributed by atoms with Gasteiger partial charge in [-0.3, -0.25) is 9.47 Å². The molecule has 0 aliphatic carbocycles. The van der Waals surface area contributed by atoms with E-state index < -0.39 is 12.2 Å². The van der Waals surface area contributed by atoms with Crippen LogP contribution in [0.1, 0.15) is 12.2 Å². The summed E-state index contributed by atoms with van der Waals surface area (Å²) in [6.45, 7) is 10.9. The van der Waals surface area contributed by atoms with E-state index in [1.807, 2.05) is 6.07 Å². The highest BCUT2D eigenvalue weighted by molar-refractivity contribution is 8.22. The fraction of sp³-hybridized carbons (Fsp3) is 0.586. The van der Waals surface area contributed by atoms with Gasteiger partial charge in [0.2, 0.25) is 5.95 Å². The summed E-state index contributed by atoms with van der Waals surface area (Å²) in [6.07, 6.45) is -2.83. The molecule has 3 aromatic rings. The maximum atomic E-state index is 14.4. The Labute approximate surface area is 266 Å². The van der Waals surface area contributed by atoms with Crippen molar-refractivity contribution in [1.29, 1.82) is 0 Å². The van der Waals surface area contributed by atoms with Crippen molar-refractivity contribution < 1.29 is 18.3 Å². The van der Waals surface area contributed by atoms with Crippen molar-refractivity contribution in [2.75, 3.05) is 115 Å². The second-order valence-electron chi connectivity index (χ2n) is 11.2. The number of thioether (sulfide) groups is 1. The second kappa shape index (κ2) is 14.1. The van der Waals surface area contributed by atoms with Gasteiger partial charge in [-0.25, -0.2) is 13.8 Å². The Hall–Kier alpha value is -2.85. The number of aromatic nitrogens is 4. The molecule has 0 N–H and O–H groups in total. The molecule has 0 amide bonds. The van der Waals surface area contributed by atoms with Crippen LogP contribution < -0.4 is 14.5 Å². The topological polar surface area (TPSA) is 78.3 Å². The Kier molecular flexibility index (Phi) is 9.95. The summed E-state index contributed by atoms with van der Waals surface area (Å²) in [5.41, 5.74) is 0.813. The van der Waals surface area contributed by atoms with Crippen molar-refractivity contribution in [3.8, 4) is 11.7 Å². The number of halogens is 2. The van der Waals surface area contributed by atoms with Crippen molar-refractivity contribution in [2.24, 2.45) is 0 Å². The number of hydrogen-bond acceptors (Lipinski definition) is 11. The van der Waals surface area contributed by atoms with E-state index >= 15 is 0 Å². The molecule has 11 nitrogen and oxygen atoms in total. The van der Waals surface area contributed by atoms with E-state index in [0.29, 0.717) is 67.8 Å². The van der Waals surface area contributed by atoms with E-state index in [9.17, 15) is 8.78 Å². The van der Waals surface area contributed by atoms with Crippen LogP contribution in [-0.4, -0.2) is 144 Å². The lowest BCUT2D eigenvalue weighted by molar-refractivity contribution is 0.122. The first-order valence-electron chi connectivity index (χ1n) is 15.0. The van der Waals surface area contributed by atoms with Crippen molar-refractivity contribution in [3.05, 3.63) is 30.1 Å². The number of para-hydroxylation sites is 1. The maximum absolute atomic E-state index is 14.4. The minimum Gasteiger partial charge on any atom is -0.494 e. The van der Waals surface area contributed by atoms with Crippen LogP contribution in [0.2, 0.25) is 0 Å². The number of morpholine rings is 1. The van der Waals surface area contributed by atoms with E-state index in [0.717, 1.165) is 55.9 Å². The summed E-state index contributed by atoms with van der Waals surface area (Å²) in [5, 5.41) is 0. The molecule has 0 spiro atoms. The molecule has 0 saturated carbocycles. The molecule has 5 heterocycles. The Balaban J connectivity index is 1.21. The van der Waals surface area contributed by atoms with Gasteiger partial charge in [-0.05, 0) is 19.2 Å². The van der Waals surface area contributed by atoms with E-state index in [1.54, 1.807) is 30.0 Å². The van der Waals surface area contributed by atoms with Gasteiger partial charge in [0.1, 0.15) is 27.2 Å². The fourth-order valence-corrected chi connectivity index (χ4v) is 7.10. The third-order valence-corrected chi connectivity index (χ3v) is 9.91. The van der Waals surface area contributed by atoms with Crippen LogP contribution in [0, 0.1) is 0 Å². The fourth-order valence-electron chi connectivity index (χ4n) is 5.78. The molecule has 238 valence electrons. The zero-order chi connectivity index (χ0) is 30.6. The number of fused-ring (bicyclic) bond motifs is 1. The number of likely N-dealkylation sites (N-methyl/N-ethyl adjacent to an activating group) is 1. The molecule has 3 aliphatic rings. The minimum absolute atomic E-state index is 0.160. The average molecular weight is 648 g/mol. The lowest BCUT2D eigenvalue weighted by Crippen LogP contribution is -2.48. The molecule has 15 heteroatoms. The van der Waals surface area contributed by atoms with Crippen LogP contribution in [0.5, 0.6) is 5.75 Å². The number of alkyl halides is 2. The van der Waals surface area contributed by atoms with Crippen LogP contribution in [-0.2, 0) is 4.74 Å². The van der Waals surface area contributed by atoms with Gasteiger partial charge >= 0.3 is 0 Å². The predicted octanol–water partition coefficient (Wildman–Crippen LogP) is 2.99. The lowest BCUT2D eigenvalue weighted by atomic mass is 10.3. The number of nitrogens with zero attached hydrogens (tertiary/aromatic N) is 9. The second-order valence-corrected chi connectivity index (χ2v) is 12.9.